The van der Waals surface area contributed by atoms with Crippen LogP contribution >= 0.6 is 0 Å². The minimum absolute atomic E-state index is 0.0507. The molecule has 16 heavy (non-hydrogen) atoms. The average molecular weight is 214 g/mol. The van der Waals surface area contributed by atoms with Gasteiger partial charge in [0.2, 0.25) is 5.91 Å². The molecule has 1 fully saturated rings. The van der Waals surface area contributed by atoms with E-state index in [4.69, 9.17) is 5.26 Å². The maximum absolute atomic E-state index is 11.2. The molecule has 1 N–H and O–H groups in total. The van der Waals surface area contributed by atoms with Crippen LogP contribution in [0.25, 0.3) is 0 Å². The molecule has 2 rings (SSSR count). The second-order valence-electron chi connectivity index (χ2n) is 4.26. The molecule has 3 heteroatoms. The van der Waals surface area contributed by atoms with Crippen molar-refractivity contribution in [3.63, 3.8) is 0 Å². The van der Waals surface area contributed by atoms with Gasteiger partial charge in [-0.25, -0.2) is 0 Å². The largest absolute Gasteiger partial charge is 0.354 e. The molecule has 0 unspecified atom stereocenters. The van der Waals surface area contributed by atoms with E-state index in [0.717, 1.165) is 12.8 Å². The van der Waals surface area contributed by atoms with Gasteiger partial charge in [0.15, 0.2) is 0 Å². The number of benzene rings is 1. The fourth-order valence-electron chi connectivity index (χ4n) is 1.91. The first-order valence-electron chi connectivity index (χ1n) is 5.46. The number of nitrogens with zero attached hydrogens (tertiary/aromatic N) is 1. The molecule has 0 aromatic heterocycles. The topological polar surface area (TPSA) is 52.9 Å². The zero-order valence-electron chi connectivity index (χ0n) is 9.07. The van der Waals surface area contributed by atoms with E-state index >= 15 is 0 Å². The Hall–Kier alpha value is -1.82. The Morgan fingerprint density at radius 1 is 1.38 bits per heavy atom. The summed E-state index contributed by atoms with van der Waals surface area (Å²) in [5.41, 5.74) is 1.42. The summed E-state index contributed by atoms with van der Waals surface area (Å²) in [6, 6.07) is 12.1. The van der Waals surface area contributed by atoms with Gasteiger partial charge in [-0.05, 0) is 18.4 Å². The highest BCUT2D eigenvalue weighted by molar-refractivity contribution is 5.78. The molecule has 1 aliphatic rings. The fourth-order valence-corrected chi connectivity index (χ4v) is 1.91. The van der Waals surface area contributed by atoms with Gasteiger partial charge in [0.05, 0.1) is 6.07 Å². The zero-order valence-corrected chi connectivity index (χ0v) is 9.07. The van der Waals surface area contributed by atoms with Crippen molar-refractivity contribution in [3.8, 4) is 6.07 Å². The Balaban J connectivity index is 1.95. The van der Waals surface area contributed by atoms with Crippen LogP contribution in [0.3, 0.4) is 0 Å². The second-order valence-corrected chi connectivity index (χ2v) is 4.26. The number of hydrogen-bond donors (Lipinski definition) is 1. The minimum Gasteiger partial charge on any atom is -0.354 e. The lowest BCUT2D eigenvalue weighted by Crippen LogP contribution is -2.31. The number of carbonyl (C=O) groups excluding carboxylic acids is 1. The first-order chi connectivity index (χ1) is 7.77. The smallest absolute Gasteiger partial charge is 0.234 e. The quantitative estimate of drug-likeness (QED) is 0.830. The van der Waals surface area contributed by atoms with Crippen LogP contribution in [0.1, 0.15) is 24.8 Å². The van der Waals surface area contributed by atoms with E-state index < -0.39 is 0 Å². The Kier molecular flexibility index (Phi) is 2.91. The van der Waals surface area contributed by atoms with Crippen molar-refractivity contribution in [2.45, 2.75) is 24.7 Å². The van der Waals surface area contributed by atoms with Crippen LogP contribution in [0.2, 0.25) is 0 Å². The molecule has 82 valence electrons. The SMILES string of the molecule is N#CCC(=O)NCC1(c2ccccc2)CC1. The van der Waals surface area contributed by atoms with E-state index in [-0.39, 0.29) is 17.7 Å². The second kappa shape index (κ2) is 4.36. The first kappa shape index (κ1) is 10.7. The monoisotopic (exact) mass is 214 g/mol. The summed E-state index contributed by atoms with van der Waals surface area (Å²) in [5.74, 6) is -0.176. The normalized spacial score (nSPS) is 16.2. The van der Waals surface area contributed by atoms with E-state index in [1.807, 2.05) is 24.3 Å². The molecule has 0 saturated heterocycles. The van der Waals surface area contributed by atoms with Gasteiger partial charge in [-0.3, -0.25) is 4.79 Å². The van der Waals surface area contributed by atoms with Crippen molar-refractivity contribution in [1.29, 1.82) is 5.26 Å². The van der Waals surface area contributed by atoms with Crippen molar-refractivity contribution in [2.24, 2.45) is 0 Å². The fraction of sp³-hybridized carbons (Fsp3) is 0.385. The number of carbonyl (C=O) groups is 1. The molecule has 1 aromatic rings. The van der Waals surface area contributed by atoms with Crippen molar-refractivity contribution < 1.29 is 4.79 Å². The van der Waals surface area contributed by atoms with Crippen molar-refractivity contribution in [2.75, 3.05) is 6.54 Å². The first-order valence-corrected chi connectivity index (χ1v) is 5.46. The Morgan fingerprint density at radius 2 is 2.06 bits per heavy atom. The lowest BCUT2D eigenvalue weighted by molar-refractivity contribution is -0.120. The zero-order chi connectivity index (χ0) is 11.4. The standard InChI is InChI=1S/C13H14N2O/c14-9-6-12(16)15-10-13(7-8-13)11-4-2-1-3-5-11/h1-5H,6-8,10H2,(H,15,16). The summed E-state index contributed by atoms with van der Waals surface area (Å²) in [7, 11) is 0. The highest BCUT2D eigenvalue weighted by atomic mass is 16.1. The minimum atomic E-state index is -0.176. The van der Waals surface area contributed by atoms with Crippen LogP contribution in [0.15, 0.2) is 30.3 Å². The van der Waals surface area contributed by atoms with E-state index in [1.165, 1.54) is 5.56 Å². The molecule has 0 spiro atoms. The van der Waals surface area contributed by atoms with Gasteiger partial charge in [-0.2, -0.15) is 5.26 Å². The van der Waals surface area contributed by atoms with Crippen LogP contribution in [-0.4, -0.2) is 12.5 Å². The number of rotatable bonds is 4. The van der Waals surface area contributed by atoms with Gasteiger partial charge in [-0.1, -0.05) is 30.3 Å². The van der Waals surface area contributed by atoms with Gasteiger partial charge >= 0.3 is 0 Å². The van der Waals surface area contributed by atoms with Crippen LogP contribution in [-0.2, 0) is 10.2 Å². The van der Waals surface area contributed by atoms with Crippen LogP contribution in [0.4, 0.5) is 0 Å². The third kappa shape index (κ3) is 2.22. The molecule has 1 saturated carbocycles. The molecule has 0 atom stereocenters. The Bertz CT molecular complexity index is 415. The number of amides is 1. The highest BCUT2D eigenvalue weighted by Crippen LogP contribution is 2.47. The predicted molar refractivity (Wildman–Crippen MR) is 60.6 cm³/mol. The Labute approximate surface area is 95.1 Å². The maximum atomic E-state index is 11.2. The molecule has 0 radical (unpaired) electrons. The lowest BCUT2D eigenvalue weighted by atomic mass is 9.96. The third-order valence-corrected chi connectivity index (χ3v) is 3.10. The van der Waals surface area contributed by atoms with Crippen LogP contribution < -0.4 is 5.32 Å². The van der Waals surface area contributed by atoms with Gasteiger partial charge in [-0.15, -0.1) is 0 Å². The van der Waals surface area contributed by atoms with Crippen LogP contribution in [0.5, 0.6) is 0 Å². The summed E-state index contributed by atoms with van der Waals surface area (Å²) in [5, 5.41) is 11.2. The number of hydrogen-bond acceptors (Lipinski definition) is 2. The van der Waals surface area contributed by atoms with E-state index in [1.54, 1.807) is 0 Å². The molecule has 1 aliphatic carbocycles. The molecular weight excluding hydrogens is 200 g/mol. The highest BCUT2D eigenvalue weighted by Gasteiger charge is 2.44. The lowest BCUT2D eigenvalue weighted by Gasteiger charge is -2.15. The molecule has 0 aliphatic heterocycles. The third-order valence-electron chi connectivity index (χ3n) is 3.10. The van der Waals surface area contributed by atoms with Gasteiger partial charge in [0.25, 0.3) is 0 Å². The molecule has 0 heterocycles. The number of nitrogens with one attached hydrogen (secondary N) is 1. The van der Waals surface area contributed by atoms with Crippen molar-refractivity contribution in [3.05, 3.63) is 35.9 Å². The summed E-state index contributed by atoms with van der Waals surface area (Å²) in [4.78, 5) is 11.2. The Morgan fingerprint density at radius 3 is 2.62 bits per heavy atom. The average Bonchev–Trinajstić information content (AvgIpc) is 3.09. The predicted octanol–water partition coefficient (Wildman–Crippen LogP) is 1.75. The summed E-state index contributed by atoms with van der Waals surface area (Å²) < 4.78 is 0. The van der Waals surface area contributed by atoms with Crippen molar-refractivity contribution >= 4 is 5.91 Å². The van der Waals surface area contributed by atoms with E-state index in [0.29, 0.717) is 6.54 Å². The maximum Gasteiger partial charge on any atom is 0.234 e. The molecule has 0 bridgehead atoms. The van der Waals surface area contributed by atoms with Crippen LogP contribution in [0, 0.1) is 11.3 Å². The van der Waals surface area contributed by atoms with Crippen molar-refractivity contribution in [1.82, 2.24) is 5.32 Å². The molecule has 3 nitrogen and oxygen atoms in total. The molecule has 1 amide bonds. The molecule has 1 aromatic carbocycles. The van der Waals surface area contributed by atoms with Gasteiger partial charge in [0.1, 0.15) is 6.42 Å². The van der Waals surface area contributed by atoms with E-state index in [9.17, 15) is 4.79 Å². The van der Waals surface area contributed by atoms with Gasteiger partial charge < -0.3 is 5.32 Å². The number of nitriles is 1. The summed E-state index contributed by atoms with van der Waals surface area (Å²) in [6.45, 7) is 0.650. The summed E-state index contributed by atoms with van der Waals surface area (Å²) in [6.07, 6.45) is 2.18. The van der Waals surface area contributed by atoms with E-state index in [2.05, 4.69) is 17.4 Å². The summed E-state index contributed by atoms with van der Waals surface area (Å²) >= 11 is 0. The van der Waals surface area contributed by atoms with Gasteiger partial charge in [0, 0.05) is 12.0 Å². The molecular formula is C13H14N2O.